The maximum Gasteiger partial charge on any atom is 0.329 e. The molecule has 1 saturated carbocycles. The molecule has 3 unspecified atom stereocenters. The highest BCUT2D eigenvalue weighted by molar-refractivity contribution is 6.38. The van der Waals surface area contributed by atoms with Crippen molar-refractivity contribution in [2.75, 3.05) is 13.2 Å². The van der Waals surface area contributed by atoms with Crippen LogP contribution in [0.25, 0.3) is 0 Å². The fourth-order valence-electron chi connectivity index (χ4n) is 8.02. The van der Waals surface area contributed by atoms with Crippen molar-refractivity contribution < 1.29 is 48.2 Å². The first-order valence-electron chi connectivity index (χ1n) is 20.6. The van der Waals surface area contributed by atoms with Gasteiger partial charge in [0.25, 0.3) is 0 Å². The predicted molar refractivity (Wildman–Crippen MR) is 209 cm³/mol. The molecule has 5 atom stereocenters. The third-order valence-corrected chi connectivity index (χ3v) is 11.2. The summed E-state index contributed by atoms with van der Waals surface area (Å²) >= 11 is 0. The zero-order valence-electron chi connectivity index (χ0n) is 33.7. The van der Waals surface area contributed by atoms with E-state index in [2.05, 4.69) is 19.2 Å². The number of Topliss-reactive ketones (excluding diaryl/α,β-unsaturated/α-hetero) is 4. The van der Waals surface area contributed by atoms with Crippen LogP contribution in [0.3, 0.4) is 0 Å². The van der Waals surface area contributed by atoms with Crippen molar-refractivity contribution in [3.05, 3.63) is 35.4 Å². The molecule has 2 aliphatic rings. The molecule has 1 aliphatic carbocycles. The van der Waals surface area contributed by atoms with Gasteiger partial charge in [0.15, 0.2) is 11.6 Å². The number of nitrogens with two attached hydrogens (primary N) is 1. The number of aliphatic carboxylic acids is 1. The molecule has 1 heterocycles. The number of ether oxygens (including phenoxy) is 1. The molecule has 0 radical (unpaired) electrons. The summed E-state index contributed by atoms with van der Waals surface area (Å²) in [5.74, 6) is -6.33. The van der Waals surface area contributed by atoms with Gasteiger partial charge in [-0.05, 0) is 48.6 Å². The Morgan fingerprint density at radius 2 is 1.59 bits per heavy atom. The minimum atomic E-state index is -1.20. The second-order valence-corrected chi connectivity index (χ2v) is 16.0. The second-order valence-electron chi connectivity index (χ2n) is 16.0. The maximum atomic E-state index is 14.6. The van der Waals surface area contributed by atoms with E-state index < -0.39 is 78.2 Å². The number of hydrogen-bond donors (Lipinski definition) is 3. The lowest BCUT2D eigenvalue weighted by Gasteiger charge is -2.34. The van der Waals surface area contributed by atoms with Crippen molar-refractivity contribution >= 4 is 46.8 Å². The van der Waals surface area contributed by atoms with Gasteiger partial charge >= 0.3 is 5.97 Å². The zero-order chi connectivity index (χ0) is 41.4. The molecule has 13 nitrogen and oxygen atoms in total. The summed E-state index contributed by atoms with van der Waals surface area (Å²) in [4.78, 5) is 106. The molecule has 4 N–H and O–H groups in total. The number of carbonyl (C=O) groups is 8. The Morgan fingerprint density at radius 1 is 0.911 bits per heavy atom. The lowest BCUT2D eigenvalue weighted by Crippen LogP contribution is -2.47. The number of ketones is 4. The highest BCUT2D eigenvalue weighted by Gasteiger charge is 2.45. The summed E-state index contributed by atoms with van der Waals surface area (Å²) < 4.78 is 5.59. The molecule has 2 fully saturated rings. The normalized spacial score (nSPS) is 18.9. The van der Waals surface area contributed by atoms with Crippen LogP contribution in [0.15, 0.2) is 24.3 Å². The number of carboxylic acids is 1. The van der Waals surface area contributed by atoms with Gasteiger partial charge in [0.1, 0.15) is 18.4 Å². The van der Waals surface area contributed by atoms with Crippen LogP contribution in [0.5, 0.6) is 0 Å². The summed E-state index contributed by atoms with van der Waals surface area (Å²) in [5, 5.41) is 11.8. The molecule has 0 spiro atoms. The molecule has 56 heavy (non-hydrogen) atoms. The van der Waals surface area contributed by atoms with E-state index in [9.17, 15) is 43.5 Å². The topological polar surface area (TPSA) is 207 Å². The summed E-state index contributed by atoms with van der Waals surface area (Å²) in [6, 6.07) is 5.97. The van der Waals surface area contributed by atoms with Gasteiger partial charge in [0.05, 0.1) is 12.1 Å². The summed E-state index contributed by atoms with van der Waals surface area (Å²) in [5.41, 5.74) is 7.42. The number of unbranched alkanes of at least 4 members (excludes halogenated alkanes) is 1. The number of benzene rings is 1. The quantitative estimate of drug-likeness (QED) is 0.113. The molecule has 1 aromatic rings. The Labute approximate surface area is 331 Å². The number of amides is 3. The molecular formula is C43H63N3O10. The standard InChI is InChI=1S/C43H63N3O10/c1-5-7-14-35(42(44)54)45-39(50)20-19-37(48)41(53)31(11-6-2)22-38(49)36-24-33(56-26-40(51)52)25-46(36)43(55)34(30-12-9-8-10-13-30)23-32(47)21-28-15-17-29(18-16-28)27(3)4/h15-18,27,30-31,33-36H,5-14,19-26H2,1-4H3,(H2,44,54)(H,45,50)(H,51,52)/t31?,33-,34?,35?,36+/m1/s1. The third-order valence-electron chi connectivity index (χ3n) is 11.2. The zero-order valence-corrected chi connectivity index (χ0v) is 33.7. The van der Waals surface area contributed by atoms with Crippen LogP contribution in [-0.2, 0) is 49.5 Å². The number of rotatable bonds is 25. The summed E-state index contributed by atoms with van der Waals surface area (Å²) in [7, 11) is 0. The number of hydrogen-bond acceptors (Lipinski definition) is 9. The highest BCUT2D eigenvalue weighted by atomic mass is 16.5. The first kappa shape index (κ1) is 46.1. The maximum absolute atomic E-state index is 14.6. The fourth-order valence-corrected chi connectivity index (χ4v) is 8.02. The first-order valence-corrected chi connectivity index (χ1v) is 20.6. The molecule has 1 aliphatic heterocycles. The van der Waals surface area contributed by atoms with E-state index >= 15 is 0 Å². The number of carbonyl (C=O) groups excluding carboxylic acids is 7. The second kappa shape index (κ2) is 23.1. The van der Waals surface area contributed by atoms with Gasteiger partial charge in [0, 0.05) is 56.9 Å². The predicted octanol–water partition coefficient (Wildman–Crippen LogP) is 5.03. The molecule has 1 aromatic carbocycles. The van der Waals surface area contributed by atoms with Gasteiger partial charge in [-0.15, -0.1) is 0 Å². The number of primary amides is 1. The van der Waals surface area contributed by atoms with Crippen LogP contribution < -0.4 is 11.1 Å². The minimum Gasteiger partial charge on any atom is -0.480 e. The van der Waals surface area contributed by atoms with Crippen LogP contribution in [0.1, 0.15) is 141 Å². The Hall–Kier alpha value is -4.26. The molecule has 3 rings (SSSR count). The number of likely N-dealkylation sites (tertiary alicyclic amines) is 1. The van der Waals surface area contributed by atoms with Crippen LogP contribution in [-0.4, -0.2) is 88.2 Å². The molecule has 0 bridgehead atoms. The SMILES string of the molecule is CCCCC(NC(=O)CCC(=O)C(=O)C(CCC)CC(=O)[C@@H]1C[C@@H](OCC(=O)O)CN1C(=O)C(CC(=O)Cc1ccc(C(C)C)cc1)C1CCCCC1)C(N)=O. The Kier molecular flexibility index (Phi) is 19.0. The van der Waals surface area contributed by atoms with Crippen LogP contribution in [0.2, 0.25) is 0 Å². The number of nitrogens with one attached hydrogen (secondary N) is 1. The van der Waals surface area contributed by atoms with Gasteiger partial charge < -0.3 is 25.8 Å². The minimum absolute atomic E-state index is 0.00527. The van der Waals surface area contributed by atoms with Crippen molar-refractivity contribution in [2.45, 2.75) is 155 Å². The smallest absolute Gasteiger partial charge is 0.329 e. The van der Waals surface area contributed by atoms with E-state index in [1.165, 1.54) is 4.90 Å². The first-order chi connectivity index (χ1) is 26.6. The van der Waals surface area contributed by atoms with E-state index in [-0.39, 0.29) is 62.7 Å². The fraction of sp³-hybridized carbons (Fsp3) is 0.674. The third kappa shape index (κ3) is 14.4. The van der Waals surface area contributed by atoms with E-state index in [0.717, 1.165) is 49.7 Å². The van der Waals surface area contributed by atoms with Crippen molar-refractivity contribution in [3.8, 4) is 0 Å². The Morgan fingerprint density at radius 3 is 2.18 bits per heavy atom. The number of nitrogens with zero attached hydrogens (tertiary/aromatic N) is 1. The van der Waals surface area contributed by atoms with Crippen LogP contribution >= 0.6 is 0 Å². The number of carboxylic acid groups (broad SMARTS) is 1. The largest absolute Gasteiger partial charge is 0.480 e. The van der Waals surface area contributed by atoms with E-state index in [4.69, 9.17) is 10.5 Å². The molecule has 13 heteroatoms. The Balaban J connectivity index is 1.78. The van der Waals surface area contributed by atoms with Gasteiger partial charge in [0.2, 0.25) is 23.5 Å². The van der Waals surface area contributed by atoms with E-state index in [1.54, 1.807) is 0 Å². The van der Waals surface area contributed by atoms with Crippen molar-refractivity contribution in [2.24, 2.45) is 23.5 Å². The lowest BCUT2D eigenvalue weighted by atomic mass is 9.76. The van der Waals surface area contributed by atoms with Gasteiger partial charge in [-0.1, -0.05) is 90.5 Å². The van der Waals surface area contributed by atoms with Crippen LogP contribution in [0, 0.1) is 17.8 Å². The van der Waals surface area contributed by atoms with E-state index in [1.807, 2.05) is 38.1 Å². The average molecular weight is 782 g/mol. The van der Waals surface area contributed by atoms with E-state index in [0.29, 0.717) is 25.2 Å². The van der Waals surface area contributed by atoms with Gasteiger partial charge in [-0.2, -0.15) is 0 Å². The van der Waals surface area contributed by atoms with Crippen molar-refractivity contribution in [1.82, 2.24) is 10.2 Å². The Bertz CT molecular complexity index is 1530. The molecule has 3 amide bonds. The monoisotopic (exact) mass is 781 g/mol. The van der Waals surface area contributed by atoms with Crippen molar-refractivity contribution in [3.63, 3.8) is 0 Å². The van der Waals surface area contributed by atoms with Crippen molar-refractivity contribution in [1.29, 1.82) is 0 Å². The van der Waals surface area contributed by atoms with Gasteiger partial charge in [-0.25, -0.2) is 4.79 Å². The molecule has 0 aromatic heterocycles. The lowest BCUT2D eigenvalue weighted by molar-refractivity contribution is -0.146. The summed E-state index contributed by atoms with van der Waals surface area (Å²) in [6.07, 6.45) is 5.33. The molecular weight excluding hydrogens is 718 g/mol. The summed E-state index contributed by atoms with van der Waals surface area (Å²) in [6.45, 7) is 7.28. The highest BCUT2D eigenvalue weighted by Crippen LogP contribution is 2.36. The van der Waals surface area contributed by atoms with Crippen LogP contribution in [0.4, 0.5) is 0 Å². The van der Waals surface area contributed by atoms with Gasteiger partial charge in [-0.3, -0.25) is 33.6 Å². The average Bonchev–Trinajstić information content (AvgIpc) is 3.61. The molecule has 1 saturated heterocycles. The molecule has 310 valence electrons.